The van der Waals surface area contributed by atoms with Gasteiger partial charge in [0.05, 0.1) is 25.1 Å². The number of pyridine rings is 1. The van der Waals surface area contributed by atoms with Gasteiger partial charge in [-0.15, -0.1) is 0 Å². The Morgan fingerprint density at radius 1 is 0.958 bits per heavy atom. The van der Waals surface area contributed by atoms with Crippen molar-refractivity contribution in [3.63, 3.8) is 0 Å². The molecule has 0 saturated heterocycles. The summed E-state index contributed by atoms with van der Waals surface area (Å²) in [4.78, 5) is 27.7. The van der Waals surface area contributed by atoms with Gasteiger partial charge in [0.15, 0.2) is 11.5 Å². The van der Waals surface area contributed by atoms with Crippen LogP contribution >= 0.6 is 0 Å². The molecule has 0 spiro atoms. The number of amides is 2. The number of nitrogens with one attached hydrogen (secondary N) is 2. The van der Waals surface area contributed by atoms with E-state index in [0.29, 0.717) is 36.1 Å². The summed E-state index contributed by atoms with van der Waals surface area (Å²) in [6, 6.07) is 8.24. The number of ether oxygens (including phenoxy) is 2. The van der Waals surface area contributed by atoms with Crippen molar-refractivity contribution < 1.29 is 19.1 Å². The fraction of sp³-hybridized carbons (Fsp3) is 0.235. The zero-order chi connectivity index (χ0) is 17.4. The highest BCUT2D eigenvalue weighted by Gasteiger charge is 2.15. The van der Waals surface area contributed by atoms with Crippen LogP contribution < -0.4 is 20.1 Å². The fourth-order valence-corrected chi connectivity index (χ4v) is 1.94. The minimum Gasteiger partial charge on any atom is -0.490 e. The van der Waals surface area contributed by atoms with Gasteiger partial charge >= 0.3 is 11.8 Å². The van der Waals surface area contributed by atoms with Crippen molar-refractivity contribution in [1.29, 1.82) is 0 Å². The van der Waals surface area contributed by atoms with Gasteiger partial charge < -0.3 is 20.1 Å². The van der Waals surface area contributed by atoms with E-state index >= 15 is 0 Å². The molecule has 0 bridgehead atoms. The molecule has 0 aliphatic heterocycles. The minimum atomic E-state index is -0.787. The first-order chi connectivity index (χ1) is 11.6. The predicted molar refractivity (Wildman–Crippen MR) is 90.3 cm³/mol. The molecule has 0 unspecified atom stereocenters. The van der Waals surface area contributed by atoms with Gasteiger partial charge in [-0.25, -0.2) is 0 Å². The van der Waals surface area contributed by atoms with Crippen LogP contribution in [0.2, 0.25) is 0 Å². The molecule has 2 N–H and O–H groups in total. The number of aromatic nitrogens is 1. The second kappa shape index (κ2) is 8.52. The lowest BCUT2D eigenvalue weighted by Gasteiger charge is -2.13. The lowest BCUT2D eigenvalue weighted by Crippen LogP contribution is -2.29. The van der Waals surface area contributed by atoms with Crippen LogP contribution in [0, 0.1) is 0 Å². The van der Waals surface area contributed by atoms with E-state index in [0.717, 1.165) is 0 Å². The fourth-order valence-electron chi connectivity index (χ4n) is 1.94. The van der Waals surface area contributed by atoms with Gasteiger partial charge in [-0.2, -0.15) is 0 Å². The topological polar surface area (TPSA) is 89.5 Å². The first-order valence-electron chi connectivity index (χ1n) is 7.56. The first kappa shape index (κ1) is 17.3. The van der Waals surface area contributed by atoms with Gasteiger partial charge in [-0.3, -0.25) is 14.6 Å². The summed E-state index contributed by atoms with van der Waals surface area (Å²) >= 11 is 0. The van der Waals surface area contributed by atoms with Crippen molar-refractivity contribution in [2.75, 3.05) is 23.8 Å². The largest absolute Gasteiger partial charge is 0.490 e. The van der Waals surface area contributed by atoms with E-state index in [1.165, 1.54) is 6.20 Å². The zero-order valence-electron chi connectivity index (χ0n) is 13.5. The van der Waals surface area contributed by atoms with Crippen molar-refractivity contribution in [3.8, 4) is 11.5 Å². The smallest absolute Gasteiger partial charge is 0.314 e. The molecule has 1 heterocycles. The third-order valence-electron chi connectivity index (χ3n) is 2.93. The Morgan fingerprint density at radius 3 is 2.25 bits per heavy atom. The number of anilines is 2. The summed E-state index contributed by atoms with van der Waals surface area (Å²) in [5, 5.41) is 4.99. The maximum Gasteiger partial charge on any atom is 0.314 e. The molecule has 7 heteroatoms. The summed E-state index contributed by atoms with van der Waals surface area (Å²) in [6.45, 7) is 4.68. The molecule has 24 heavy (non-hydrogen) atoms. The van der Waals surface area contributed by atoms with Crippen LogP contribution in [0.25, 0.3) is 0 Å². The molecular weight excluding hydrogens is 310 g/mol. The number of hydrogen-bond acceptors (Lipinski definition) is 5. The molecule has 126 valence electrons. The second-order valence-electron chi connectivity index (χ2n) is 4.68. The molecule has 7 nitrogen and oxygen atoms in total. The van der Waals surface area contributed by atoms with Gasteiger partial charge in [0.25, 0.3) is 0 Å². The van der Waals surface area contributed by atoms with E-state index < -0.39 is 11.8 Å². The third kappa shape index (κ3) is 4.70. The molecule has 0 fully saturated rings. The summed E-state index contributed by atoms with van der Waals surface area (Å²) in [6.07, 6.45) is 3.03. The van der Waals surface area contributed by atoms with Crippen molar-refractivity contribution in [2.45, 2.75) is 13.8 Å². The minimum absolute atomic E-state index is 0.438. The van der Waals surface area contributed by atoms with Gasteiger partial charge in [-0.05, 0) is 38.1 Å². The van der Waals surface area contributed by atoms with Crippen LogP contribution in [0.3, 0.4) is 0 Å². The van der Waals surface area contributed by atoms with E-state index in [4.69, 9.17) is 9.47 Å². The maximum atomic E-state index is 12.0. The Bertz CT molecular complexity index is 704. The SMILES string of the molecule is CCOc1ccc(NC(=O)C(=O)Nc2cccnc2)cc1OCC. The second-order valence-corrected chi connectivity index (χ2v) is 4.68. The Morgan fingerprint density at radius 2 is 1.62 bits per heavy atom. The van der Waals surface area contributed by atoms with E-state index in [-0.39, 0.29) is 0 Å². The molecular formula is C17H19N3O4. The monoisotopic (exact) mass is 329 g/mol. The maximum absolute atomic E-state index is 12.0. The molecule has 0 aliphatic carbocycles. The quantitative estimate of drug-likeness (QED) is 0.795. The highest BCUT2D eigenvalue weighted by atomic mass is 16.5. The number of benzene rings is 1. The number of carbonyl (C=O) groups excluding carboxylic acids is 2. The van der Waals surface area contributed by atoms with Gasteiger partial charge in [0, 0.05) is 18.0 Å². The van der Waals surface area contributed by atoms with Crippen LogP contribution in [0.5, 0.6) is 11.5 Å². The molecule has 0 saturated carbocycles. The van der Waals surface area contributed by atoms with Gasteiger partial charge in [0.1, 0.15) is 0 Å². The van der Waals surface area contributed by atoms with E-state index in [2.05, 4.69) is 15.6 Å². The Balaban J connectivity index is 2.05. The van der Waals surface area contributed by atoms with Crippen molar-refractivity contribution in [1.82, 2.24) is 4.98 Å². The average molecular weight is 329 g/mol. The molecule has 2 aromatic rings. The number of hydrogen-bond donors (Lipinski definition) is 2. The van der Waals surface area contributed by atoms with Crippen molar-refractivity contribution >= 4 is 23.2 Å². The van der Waals surface area contributed by atoms with Gasteiger partial charge in [-0.1, -0.05) is 0 Å². The normalized spacial score (nSPS) is 9.92. The highest BCUT2D eigenvalue weighted by Crippen LogP contribution is 2.30. The van der Waals surface area contributed by atoms with E-state index in [1.807, 2.05) is 13.8 Å². The highest BCUT2D eigenvalue weighted by molar-refractivity contribution is 6.43. The van der Waals surface area contributed by atoms with E-state index in [9.17, 15) is 9.59 Å². The number of rotatable bonds is 6. The predicted octanol–water partition coefficient (Wildman–Crippen LogP) is 2.46. The van der Waals surface area contributed by atoms with Crippen molar-refractivity contribution in [3.05, 3.63) is 42.7 Å². The summed E-state index contributed by atoms with van der Waals surface area (Å²) < 4.78 is 10.9. The Hall–Kier alpha value is -3.09. The molecule has 0 atom stereocenters. The van der Waals surface area contributed by atoms with Crippen LogP contribution in [0.1, 0.15) is 13.8 Å². The van der Waals surface area contributed by atoms with Crippen LogP contribution in [-0.2, 0) is 9.59 Å². The molecule has 0 aliphatic rings. The molecule has 1 aromatic carbocycles. The third-order valence-corrected chi connectivity index (χ3v) is 2.93. The lowest BCUT2D eigenvalue weighted by atomic mass is 10.2. The standard InChI is InChI=1S/C17H19N3O4/c1-3-23-14-8-7-12(10-15(14)24-4-2)19-16(21)17(22)20-13-6-5-9-18-11-13/h5-11H,3-4H2,1-2H3,(H,19,21)(H,20,22). The van der Waals surface area contributed by atoms with Gasteiger partial charge in [0.2, 0.25) is 0 Å². The van der Waals surface area contributed by atoms with Crippen molar-refractivity contribution in [2.24, 2.45) is 0 Å². The molecule has 2 amide bonds. The summed E-state index contributed by atoms with van der Waals surface area (Å²) in [5.41, 5.74) is 0.882. The van der Waals surface area contributed by atoms with Crippen LogP contribution in [-0.4, -0.2) is 30.0 Å². The average Bonchev–Trinajstić information content (AvgIpc) is 2.58. The summed E-state index contributed by atoms with van der Waals surface area (Å²) in [7, 11) is 0. The van der Waals surface area contributed by atoms with Crippen LogP contribution in [0.15, 0.2) is 42.7 Å². The Labute approximate surface area is 140 Å². The molecule has 0 radical (unpaired) electrons. The summed E-state index contributed by atoms with van der Waals surface area (Å²) in [5.74, 6) is -0.484. The first-order valence-corrected chi connectivity index (χ1v) is 7.56. The lowest BCUT2D eigenvalue weighted by molar-refractivity contribution is -0.133. The zero-order valence-corrected chi connectivity index (χ0v) is 13.5. The number of carbonyl (C=O) groups is 2. The number of nitrogens with zero attached hydrogens (tertiary/aromatic N) is 1. The van der Waals surface area contributed by atoms with E-state index in [1.54, 1.807) is 36.5 Å². The Kier molecular flexibility index (Phi) is 6.13. The molecule has 1 aromatic heterocycles. The molecule has 2 rings (SSSR count). The van der Waals surface area contributed by atoms with Crippen LogP contribution in [0.4, 0.5) is 11.4 Å².